The lowest BCUT2D eigenvalue weighted by molar-refractivity contribution is -0.131. The Balaban J connectivity index is 1.80. The molecular weight excluding hydrogens is 412 g/mol. The normalized spacial score (nSPS) is 13.6. The molecule has 3 aromatic rings. The number of amides is 1. The molecule has 0 saturated heterocycles. The molecule has 3 rings (SSSR count). The van der Waals surface area contributed by atoms with Crippen molar-refractivity contribution in [3.8, 4) is 22.6 Å². The third-order valence-electron chi connectivity index (χ3n) is 5.05. The molecular formula is C19H20N4O6S. The van der Waals surface area contributed by atoms with E-state index in [9.17, 15) is 18.0 Å². The summed E-state index contributed by atoms with van der Waals surface area (Å²) < 4.78 is 28.5. The number of pyridine rings is 1. The maximum Gasteiger partial charge on any atom is 0.264 e. The van der Waals surface area contributed by atoms with Crippen LogP contribution in [0.25, 0.3) is 22.6 Å². The van der Waals surface area contributed by atoms with Crippen molar-refractivity contribution in [1.82, 2.24) is 20.2 Å². The van der Waals surface area contributed by atoms with E-state index < -0.39 is 20.5 Å². The van der Waals surface area contributed by atoms with E-state index in [0.29, 0.717) is 11.5 Å². The Morgan fingerprint density at radius 2 is 1.87 bits per heavy atom. The minimum atomic E-state index is -3.84. The van der Waals surface area contributed by atoms with Crippen LogP contribution in [0.2, 0.25) is 0 Å². The highest BCUT2D eigenvalue weighted by Crippen LogP contribution is 2.24. The fourth-order valence-corrected chi connectivity index (χ4v) is 3.74. The molecule has 0 fully saturated rings. The quantitative estimate of drug-likeness (QED) is 0.419. The van der Waals surface area contributed by atoms with Crippen molar-refractivity contribution >= 4 is 15.7 Å². The number of aromatic nitrogens is 3. The molecule has 0 spiro atoms. The molecule has 30 heavy (non-hydrogen) atoms. The number of carbonyl (C=O) groups excluding carboxylic acids is 1. The topological polar surface area (TPSA) is 144 Å². The van der Waals surface area contributed by atoms with Gasteiger partial charge in [-0.15, -0.1) is 0 Å². The maximum atomic E-state index is 12.5. The van der Waals surface area contributed by atoms with Crippen LogP contribution in [0.5, 0.6) is 0 Å². The first kappa shape index (κ1) is 21.4. The Kier molecular flexibility index (Phi) is 5.85. The number of nitrogens with one attached hydrogen (secondary N) is 1. The van der Waals surface area contributed by atoms with Gasteiger partial charge in [0.25, 0.3) is 17.4 Å². The Morgan fingerprint density at radius 1 is 1.20 bits per heavy atom. The molecule has 2 N–H and O–H groups in total. The highest BCUT2D eigenvalue weighted by atomic mass is 32.2. The van der Waals surface area contributed by atoms with Gasteiger partial charge in [0.2, 0.25) is 0 Å². The van der Waals surface area contributed by atoms with Crippen molar-refractivity contribution in [2.75, 3.05) is 6.26 Å². The molecule has 0 aliphatic carbocycles. The predicted octanol–water partition coefficient (Wildman–Crippen LogP) is 1.26. The van der Waals surface area contributed by atoms with Crippen molar-refractivity contribution < 1.29 is 22.9 Å². The molecule has 10 nitrogen and oxygen atoms in total. The zero-order valence-electron chi connectivity index (χ0n) is 16.3. The van der Waals surface area contributed by atoms with Crippen LogP contribution >= 0.6 is 0 Å². The van der Waals surface area contributed by atoms with Gasteiger partial charge in [-0.2, -0.15) is 4.98 Å². The van der Waals surface area contributed by atoms with Gasteiger partial charge in [-0.05, 0) is 42.7 Å². The zero-order valence-corrected chi connectivity index (χ0v) is 17.1. The first-order chi connectivity index (χ1) is 14.2. The number of hydrogen-bond donors (Lipinski definition) is 2. The first-order valence-corrected chi connectivity index (χ1v) is 10.8. The Hall–Kier alpha value is -3.31. The molecule has 1 unspecified atom stereocenters. The summed E-state index contributed by atoms with van der Waals surface area (Å²) in [5, 5.41) is 12.4. The third-order valence-corrected chi connectivity index (χ3v) is 7.08. The molecule has 0 saturated carbocycles. The van der Waals surface area contributed by atoms with E-state index in [4.69, 9.17) is 9.73 Å². The number of benzene rings is 1. The summed E-state index contributed by atoms with van der Waals surface area (Å²) in [6, 6.07) is 10.3. The Morgan fingerprint density at radius 3 is 2.40 bits per heavy atom. The summed E-state index contributed by atoms with van der Waals surface area (Å²) >= 11 is 0. The molecule has 0 aliphatic heterocycles. The Labute approximate surface area is 172 Å². The fraction of sp³-hybridized carbons (Fsp3) is 0.263. The van der Waals surface area contributed by atoms with Gasteiger partial charge in [0.1, 0.15) is 0 Å². The number of sulfone groups is 1. The van der Waals surface area contributed by atoms with Gasteiger partial charge < -0.3 is 9.09 Å². The molecule has 1 atom stereocenters. The zero-order chi connectivity index (χ0) is 21.9. The van der Waals surface area contributed by atoms with Gasteiger partial charge in [-0.1, -0.05) is 17.3 Å². The van der Waals surface area contributed by atoms with Crippen LogP contribution in [-0.2, 0) is 21.2 Å². The van der Waals surface area contributed by atoms with E-state index >= 15 is 0 Å². The van der Waals surface area contributed by atoms with Crippen molar-refractivity contribution in [3.05, 3.63) is 59.3 Å². The second-order valence-electron chi connectivity index (χ2n) is 6.96. The number of hydroxylamine groups is 1. The first-order valence-electron chi connectivity index (χ1n) is 8.88. The average Bonchev–Trinajstić information content (AvgIpc) is 3.26. The summed E-state index contributed by atoms with van der Waals surface area (Å²) in [4.78, 5) is 28.4. The SMILES string of the molecule is CC(CCn1ccc(-c2ccc(-c3ncno3)cc2)cc1=O)(C(=O)NO)S(C)(=O)=O. The predicted molar refractivity (Wildman–Crippen MR) is 107 cm³/mol. The monoisotopic (exact) mass is 432 g/mol. The molecule has 158 valence electrons. The minimum Gasteiger partial charge on any atom is -0.334 e. The van der Waals surface area contributed by atoms with Gasteiger partial charge >= 0.3 is 0 Å². The molecule has 2 aromatic heterocycles. The van der Waals surface area contributed by atoms with Crippen molar-refractivity contribution in [2.45, 2.75) is 24.6 Å². The van der Waals surface area contributed by atoms with Crippen molar-refractivity contribution in [2.24, 2.45) is 0 Å². The standard InChI is InChI=1S/C19H20N4O6S/c1-19(18(25)22-26,30(2,27)28)8-10-23-9-7-15(11-16(23)24)13-3-5-14(6-4-13)17-20-12-21-29-17/h3-7,9,11-12,26H,8,10H2,1-2H3,(H,22,25). The number of aryl methyl sites for hydroxylation is 1. The van der Waals surface area contributed by atoms with E-state index in [0.717, 1.165) is 17.4 Å². The highest BCUT2D eigenvalue weighted by molar-refractivity contribution is 7.92. The molecule has 2 heterocycles. The van der Waals surface area contributed by atoms with Crippen molar-refractivity contribution in [3.63, 3.8) is 0 Å². The number of nitrogens with zero attached hydrogens (tertiary/aromatic N) is 3. The van der Waals surface area contributed by atoms with E-state index in [1.165, 1.54) is 35.6 Å². The second kappa shape index (κ2) is 8.20. The lowest BCUT2D eigenvalue weighted by atomic mass is 10.0. The molecule has 0 bridgehead atoms. The van der Waals surface area contributed by atoms with Gasteiger partial charge in [0.15, 0.2) is 20.9 Å². The van der Waals surface area contributed by atoms with Crippen molar-refractivity contribution in [1.29, 1.82) is 0 Å². The van der Waals surface area contributed by atoms with E-state index in [1.54, 1.807) is 18.2 Å². The average molecular weight is 432 g/mol. The molecule has 1 amide bonds. The Bertz CT molecular complexity index is 1200. The van der Waals surface area contributed by atoms with Crippen LogP contribution in [0.3, 0.4) is 0 Å². The lowest BCUT2D eigenvalue weighted by Gasteiger charge is -2.25. The summed E-state index contributed by atoms with van der Waals surface area (Å²) in [6.07, 6.45) is 3.56. The van der Waals surface area contributed by atoms with Crippen LogP contribution in [-0.4, -0.2) is 45.2 Å². The van der Waals surface area contributed by atoms with Crippen LogP contribution < -0.4 is 11.0 Å². The molecule has 11 heteroatoms. The third kappa shape index (κ3) is 4.16. The number of rotatable bonds is 7. The van der Waals surface area contributed by atoms with Crippen LogP contribution in [0, 0.1) is 0 Å². The van der Waals surface area contributed by atoms with Crippen LogP contribution in [0.4, 0.5) is 0 Å². The fourth-order valence-electron chi connectivity index (χ4n) is 2.90. The number of carbonyl (C=O) groups is 1. The van der Waals surface area contributed by atoms with Gasteiger partial charge in [-0.25, -0.2) is 13.9 Å². The van der Waals surface area contributed by atoms with E-state index in [2.05, 4.69) is 10.1 Å². The van der Waals surface area contributed by atoms with E-state index in [-0.39, 0.29) is 18.5 Å². The summed E-state index contributed by atoms with van der Waals surface area (Å²) in [6.45, 7) is 1.18. The largest absolute Gasteiger partial charge is 0.334 e. The van der Waals surface area contributed by atoms with Gasteiger partial charge in [0, 0.05) is 30.6 Å². The summed E-state index contributed by atoms with van der Waals surface area (Å²) in [5.74, 6) is -0.659. The summed E-state index contributed by atoms with van der Waals surface area (Å²) in [7, 11) is -3.84. The van der Waals surface area contributed by atoms with Gasteiger partial charge in [0.05, 0.1) is 0 Å². The number of hydrogen-bond acceptors (Lipinski definition) is 8. The summed E-state index contributed by atoms with van der Waals surface area (Å²) in [5.41, 5.74) is 3.25. The maximum absolute atomic E-state index is 12.5. The van der Waals surface area contributed by atoms with Crippen LogP contribution in [0.15, 0.2) is 58.2 Å². The molecule has 0 aliphatic rings. The highest BCUT2D eigenvalue weighted by Gasteiger charge is 2.43. The van der Waals surface area contributed by atoms with Crippen LogP contribution in [0.1, 0.15) is 13.3 Å². The molecule has 0 radical (unpaired) electrons. The van der Waals surface area contributed by atoms with Gasteiger partial charge in [-0.3, -0.25) is 14.8 Å². The minimum absolute atomic E-state index is 0.0216. The molecule has 1 aromatic carbocycles. The smallest absolute Gasteiger partial charge is 0.264 e. The second-order valence-corrected chi connectivity index (χ2v) is 9.41. The lowest BCUT2D eigenvalue weighted by Crippen LogP contribution is -2.49. The van der Waals surface area contributed by atoms with E-state index in [1.807, 2.05) is 12.1 Å².